The fraction of sp³-hybridized carbons (Fsp3) is 1.00. The van der Waals surface area contributed by atoms with Gasteiger partial charge in [0.1, 0.15) is 0 Å². The summed E-state index contributed by atoms with van der Waals surface area (Å²) in [4.78, 5) is 0. The van der Waals surface area contributed by atoms with E-state index in [1.807, 2.05) is 0 Å². The van der Waals surface area contributed by atoms with Gasteiger partial charge >= 0.3 is 0 Å². The summed E-state index contributed by atoms with van der Waals surface area (Å²) >= 11 is 0. The molecule has 1 N–H and O–H groups in total. The Morgan fingerprint density at radius 2 is 2.00 bits per heavy atom. The molecule has 0 saturated carbocycles. The van der Waals surface area contributed by atoms with Crippen molar-refractivity contribution in [2.75, 3.05) is 5.75 Å². The molecule has 1 aliphatic heterocycles. The summed E-state index contributed by atoms with van der Waals surface area (Å²) in [5.41, 5.74) is -1.06. The number of hydrogen-bond acceptors (Lipinski definition) is 3. The molecular weight excluding hydrogens is 152 g/mol. The molecule has 0 bridgehead atoms. The Labute approximate surface area is 61.0 Å². The van der Waals surface area contributed by atoms with Crippen LogP contribution in [0.15, 0.2) is 0 Å². The molecule has 0 spiro atoms. The Kier molecular flexibility index (Phi) is 1.56. The summed E-state index contributed by atoms with van der Waals surface area (Å²) in [6, 6.07) is 0. The fourth-order valence-corrected chi connectivity index (χ4v) is 2.96. The van der Waals surface area contributed by atoms with Gasteiger partial charge in [-0.05, 0) is 20.3 Å². The Balaban J connectivity index is 2.80. The zero-order valence-electron chi connectivity index (χ0n) is 6.16. The highest BCUT2D eigenvalue weighted by molar-refractivity contribution is 7.93. The number of aliphatic hydroxyl groups is 1. The largest absolute Gasteiger partial charge is 0.389 e. The lowest BCUT2D eigenvalue weighted by Gasteiger charge is -2.35. The first-order valence-corrected chi connectivity index (χ1v) is 4.99. The zero-order chi connectivity index (χ0) is 7.99. The van der Waals surface area contributed by atoms with Gasteiger partial charge in [-0.25, -0.2) is 8.42 Å². The second-order valence-corrected chi connectivity index (χ2v) is 5.60. The molecule has 1 unspecified atom stereocenters. The van der Waals surface area contributed by atoms with Crippen molar-refractivity contribution in [1.29, 1.82) is 0 Å². The van der Waals surface area contributed by atoms with Crippen LogP contribution < -0.4 is 0 Å². The van der Waals surface area contributed by atoms with E-state index in [4.69, 9.17) is 0 Å². The van der Waals surface area contributed by atoms with Crippen molar-refractivity contribution >= 4 is 9.84 Å². The molecular formula is C6H12O3S. The van der Waals surface area contributed by atoms with Crippen molar-refractivity contribution in [1.82, 2.24) is 0 Å². The van der Waals surface area contributed by atoms with Crippen LogP contribution in [0.4, 0.5) is 0 Å². The quantitative estimate of drug-likeness (QED) is 0.591. The van der Waals surface area contributed by atoms with Crippen LogP contribution >= 0.6 is 0 Å². The first kappa shape index (κ1) is 8.01. The Bertz CT molecular complexity index is 222. The van der Waals surface area contributed by atoms with E-state index >= 15 is 0 Å². The minimum atomic E-state index is -2.93. The molecule has 60 valence electrons. The highest BCUT2D eigenvalue weighted by Crippen LogP contribution is 2.29. The summed E-state index contributed by atoms with van der Waals surface area (Å²) in [7, 11) is -2.93. The standard InChI is InChI=1S/C6H12O3S/c1-6(2,7)5-3-4-10(5,8)9/h5,7H,3-4H2,1-2H3. The minimum Gasteiger partial charge on any atom is -0.389 e. The molecule has 1 rings (SSSR count). The van der Waals surface area contributed by atoms with E-state index in [2.05, 4.69) is 0 Å². The van der Waals surface area contributed by atoms with Gasteiger partial charge in [0.05, 0.1) is 16.6 Å². The summed E-state index contributed by atoms with van der Waals surface area (Å²) in [6.45, 7) is 3.07. The third-order valence-corrected chi connectivity index (χ3v) is 4.37. The monoisotopic (exact) mass is 164 g/mol. The normalized spacial score (nSPS) is 31.3. The second-order valence-electron chi connectivity index (χ2n) is 3.30. The van der Waals surface area contributed by atoms with Crippen molar-refractivity contribution in [2.24, 2.45) is 0 Å². The second kappa shape index (κ2) is 1.95. The summed E-state index contributed by atoms with van der Waals surface area (Å²) in [6.07, 6.45) is 0.603. The van der Waals surface area contributed by atoms with E-state index < -0.39 is 20.7 Å². The molecule has 1 saturated heterocycles. The van der Waals surface area contributed by atoms with Crippen LogP contribution in [-0.4, -0.2) is 30.1 Å². The van der Waals surface area contributed by atoms with E-state index in [-0.39, 0.29) is 5.75 Å². The predicted molar refractivity (Wildman–Crippen MR) is 38.5 cm³/mol. The van der Waals surface area contributed by atoms with Gasteiger partial charge in [0.15, 0.2) is 9.84 Å². The smallest absolute Gasteiger partial charge is 0.156 e. The highest BCUT2D eigenvalue weighted by atomic mass is 32.2. The Morgan fingerprint density at radius 3 is 2.00 bits per heavy atom. The third kappa shape index (κ3) is 1.18. The van der Waals surface area contributed by atoms with Gasteiger partial charge in [0.2, 0.25) is 0 Å². The third-order valence-electron chi connectivity index (χ3n) is 1.89. The summed E-state index contributed by atoms with van der Waals surface area (Å²) < 4.78 is 21.8. The van der Waals surface area contributed by atoms with Gasteiger partial charge in [-0.15, -0.1) is 0 Å². The van der Waals surface area contributed by atoms with E-state index in [1.165, 1.54) is 13.8 Å². The minimum absolute atomic E-state index is 0.238. The van der Waals surface area contributed by atoms with Crippen molar-refractivity contribution in [3.05, 3.63) is 0 Å². The average Bonchev–Trinajstić information content (AvgIpc) is 1.58. The van der Waals surface area contributed by atoms with Crippen molar-refractivity contribution < 1.29 is 13.5 Å². The van der Waals surface area contributed by atoms with E-state index in [0.717, 1.165) is 0 Å². The fourth-order valence-electron chi connectivity index (χ4n) is 1.22. The van der Waals surface area contributed by atoms with Gasteiger partial charge in [-0.3, -0.25) is 0 Å². The molecule has 0 radical (unpaired) electrons. The molecule has 0 aliphatic carbocycles. The van der Waals surface area contributed by atoms with Gasteiger partial charge in [-0.2, -0.15) is 0 Å². The maximum atomic E-state index is 10.9. The van der Waals surface area contributed by atoms with Crippen LogP contribution in [0.5, 0.6) is 0 Å². The van der Waals surface area contributed by atoms with Crippen molar-refractivity contribution in [3.8, 4) is 0 Å². The number of sulfone groups is 1. The summed E-state index contributed by atoms with van der Waals surface area (Å²) in [5, 5.41) is 8.77. The molecule has 4 heteroatoms. The molecule has 1 atom stereocenters. The first-order valence-electron chi connectivity index (χ1n) is 3.28. The highest BCUT2D eigenvalue weighted by Gasteiger charge is 2.45. The zero-order valence-corrected chi connectivity index (χ0v) is 6.98. The van der Waals surface area contributed by atoms with Gasteiger partial charge in [0, 0.05) is 0 Å². The van der Waals surface area contributed by atoms with Crippen LogP contribution in [0.3, 0.4) is 0 Å². The maximum absolute atomic E-state index is 10.9. The molecule has 1 fully saturated rings. The van der Waals surface area contributed by atoms with Crippen LogP contribution in [0, 0.1) is 0 Å². The predicted octanol–water partition coefficient (Wildman–Crippen LogP) is -0.0556. The Hall–Kier alpha value is -0.0900. The molecule has 1 heterocycles. The van der Waals surface area contributed by atoms with E-state index in [0.29, 0.717) is 6.42 Å². The van der Waals surface area contributed by atoms with Crippen molar-refractivity contribution in [2.45, 2.75) is 31.1 Å². The molecule has 0 aromatic heterocycles. The van der Waals surface area contributed by atoms with Gasteiger partial charge in [0.25, 0.3) is 0 Å². The molecule has 0 aromatic rings. The summed E-state index contributed by atoms with van der Waals surface area (Å²) in [5.74, 6) is 0.238. The topological polar surface area (TPSA) is 54.4 Å². The SMILES string of the molecule is CC(C)(O)C1CCS1(=O)=O. The Morgan fingerprint density at radius 1 is 1.50 bits per heavy atom. The number of hydrogen-bond donors (Lipinski definition) is 1. The van der Waals surface area contributed by atoms with Crippen LogP contribution in [-0.2, 0) is 9.84 Å². The lowest BCUT2D eigenvalue weighted by molar-refractivity contribution is 0.0690. The maximum Gasteiger partial charge on any atom is 0.156 e. The van der Waals surface area contributed by atoms with Crippen LogP contribution in [0.2, 0.25) is 0 Å². The lowest BCUT2D eigenvalue weighted by Crippen LogP contribution is -2.50. The molecule has 0 amide bonds. The van der Waals surface area contributed by atoms with E-state index in [1.54, 1.807) is 0 Å². The van der Waals surface area contributed by atoms with Gasteiger partial charge < -0.3 is 5.11 Å². The first-order chi connectivity index (χ1) is 4.34. The van der Waals surface area contributed by atoms with Crippen LogP contribution in [0.25, 0.3) is 0 Å². The van der Waals surface area contributed by atoms with Crippen LogP contribution in [0.1, 0.15) is 20.3 Å². The van der Waals surface area contributed by atoms with E-state index in [9.17, 15) is 13.5 Å². The van der Waals surface area contributed by atoms with Crippen molar-refractivity contribution in [3.63, 3.8) is 0 Å². The molecule has 3 nitrogen and oxygen atoms in total. The molecule has 0 aromatic carbocycles. The molecule has 10 heavy (non-hydrogen) atoms. The molecule has 1 aliphatic rings. The average molecular weight is 164 g/mol. The number of rotatable bonds is 1. The van der Waals surface area contributed by atoms with Gasteiger partial charge in [-0.1, -0.05) is 0 Å². The lowest BCUT2D eigenvalue weighted by atomic mass is 10.0.